The van der Waals surface area contributed by atoms with Gasteiger partial charge in [0.1, 0.15) is 0 Å². The van der Waals surface area contributed by atoms with Gasteiger partial charge in [0.2, 0.25) is 0 Å². The van der Waals surface area contributed by atoms with Gasteiger partial charge in [-0.25, -0.2) is 0 Å². The van der Waals surface area contributed by atoms with Crippen LogP contribution in [0.1, 0.15) is 58.8 Å². The fraction of sp³-hybridized carbons (Fsp3) is 0.923. The predicted octanol–water partition coefficient (Wildman–Crippen LogP) is 3.01. The Morgan fingerprint density at radius 1 is 1.00 bits per heavy atom. The molecule has 0 radical (unpaired) electrons. The summed E-state index contributed by atoms with van der Waals surface area (Å²) in [6.07, 6.45) is 6.91. The molecule has 84 valence electrons. The van der Waals surface area contributed by atoms with E-state index in [4.69, 9.17) is 0 Å². The highest BCUT2D eigenvalue weighted by atomic mass is 16.3. The Morgan fingerprint density at radius 3 is 2.00 bits per heavy atom. The molecule has 0 aromatic rings. The van der Waals surface area contributed by atoms with E-state index in [1.54, 1.807) is 0 Å². The van der Waals surface area contributed by atoms with Crippen LogP contribution >= 0.6 is 0 Å². The lowest BCUT2D eigenvalue weighted by molar-refractivity contribution is -0.119. The largest absolute Gasteiger partial charge is 0.388 e. The maximum atomic E-state index is 10.9. The first-order valence-corrected chi connectivity index (χ1v) is 6.11. The van der Waals surface area contributed by atoms with E-state index in [9.17, 15) is 10.4 Å². The second-order valence-electron chi connectivity index (χ2n) is 6.00. The van der Waals surface area contributed by atoms with Crippen molar-refractivity contribution in [1.82, 2.24) is 0 Å². The first-order chi connectivity index (χ1) is 6.97. The zero-order valence-electron chi connectivity index (χ0n) is 9.84. The van der Waals surface area contributed by atoms with Gasteiger partial charge in [-0.05, 0) is 37.5 Å². The number of aliphatic hydroxyl groups is 1. The monoisotopic (exact) mass is 207 g/mol. The van der Waals surface area contributed by atoms with Crippen LogP contribution in [0, 0.1) is 22.2 Å². The number of nitriles is 1. The molecule has 2 fully saturated rings. The average Bonchev–Trinajstić information content (AvgIpc) is 2.74. The molecule has 0 aromatic carbocycles. The molecule has 15 heavy (non-hydrogen) atoms. The molecule has 2 heteroatoms. The van der Waals surface area contributed by atoms with E-state index >= 15 is 0 Å². The van der Waals surface area contributed by atoms with Crippen molar-refractivity contribution in [2.75, 3.05) is 0 Å². The maximum absolute atomic E-state index is 10.9. The molecule has 2 aliphatic rings. The summed E-state index contributed by atoms with van der Waals surface area (Å²) in [6, 6.07) is 2.47. The predicted molar refractivity (Wildman–Crippen MR) is 59.1 cm³/mol. The van der Waals surface area contributed by atoms with Gasteiger partial charge in [-0.1, -0.05) is 26.7 Å². The van der Waals surface area contributed by atoms with Crippen molar-refractivity contribution in [3.63, 3.8) is 0 Å². The van der Waals surface area contributed by atoms with Gasteiger partial charge in [0.15, 0.2) is 0 Å². The highest BCUT2D eigenvalue weighted by molar-refractivity contribution is 5.19. The third-order valence-corrected chi connectivity index (χ3v) is 4.92. The minimum Gasteiger partial charge on any atom is -0.388 e. The van der Waals surface area contributed by atoms with Crippen LogP contribution in [-0.2, 0) is 0 Å². The summed E-state index contributed by atoms with van der Waals surface area (Å²) in [5.41, 5.74) is -1.29. The van der Waals surface area contributed by atoms with Crippen LogP contribution in [0.5, 0.6) is 0 Å². The van der Waals surface area contributed by atoms with Crippen molar-refractivity contribution < 1.29 is 5.11 Å². The Morgan fingerprint density at radius 2 is 1.60 bits per heavy atom. The molecule has 0 heterocycles. The summed E-state index contributed by atoms with van der Waals surface area (Å²) < 4.78 is 0. The molecule has 0 spiro atoms. The molecular weight excluding hydrogens is 186 g/mol. The van der Waals surface area contributed by atoms with Crippen LogP contribution < -0.4 is 0 Å². The Kier molecular flexibility index (Phi) is 2.35. The van der Waals surface area contributed by atoms with E-state index in [0.29, 0.717) is 0 Å². The molecule has 2 aliphatic carbocycles. The molecule has 0 saturated heterocycles. The van der Waals surface area contributed by atoms with Gasteiger partial charge in [0.05, 0.1) is 17.1 Å². The fourth-order valence-electron chi connectivity index (χ4n) is 3.81. The molecule has 2 nitrogen and oxygen atoms in total. The molecular formula is C13H21NO. The molecule has 1 atom stereocenters. The van der Waals surface area contributed by atoms with Crippen molar-refractivity contribution in [2.24, 2.45) is 10.8 Å². The third kappa shape index (κ3) is 1.26. The van der Waals surface area contributed by atoms with Gasteiger partial charge in [-0.3, -0.25) is 0 Å². The number of hydrogen-bond acceptors (Lipinski definition) is 2. The minimum absolute atomic E-state index is 0.0902. The van der Waals surface area contributed by atoms with Gasteiger partial charge in [0.25, 0.3) is 0 Å². The smallest absolute Gasteiger partial charge is 0.0883 e. The van der Waals surface area contributed by atoms with Gasteiger partial charge in [-0.15, -0.1) is 0 Å². The van der Waals surface area contributed by atoms with Crippen LogP contribution in [0.15, 0.2) is 0 Å². The number of hydrogen-bond donors (Lipinski definition) is 1. The quantitative estimate of drug-likeness (QED) is 0.718. The maximum Gasteiger partial charge on any atom is 0.0883 e. The van der Waals surface area contributed by atoms with Crippen molar-refractivity contribution in [1.29, 1.82) is 5.26 Å². The molecule has 1 N–H and O–H groups in total. The SMILES string of the molecule is CC1(C)CCCC1(O)C1(C#N)CCCC1. The standard InChI is InChI=1S/C13H21NO/c1-11(2)6-5-9-13(11,15)12(10-14)7-3-4-8-12/h15H,3-9H2,1-2H3. The average molecular weight is 207 g/mol. The molecule has 2 saturated carbocycles. The van der Waals surface area contributed by atoms with Crippen LogP contribution in [0.4, 0.5) is 0 Å². The van der Waals surface area contributed by atoms with Crippen LogP contribution in [0.2, 0.25) is 0 Å². The molecule has 2 rings (SSSR count). The molecule has 0 bridgehead atoms. The lowest BCUT2D eigenvalue weighted by atomic mass is 9.61. The Hall–Kier alpha value is -0.550. The van der Waals surface area contributed by atoms with Crippen LogP contribution in [0.25, 0.3) is 0 Å². The van der Waals surface area contributed by atoms with E-state index in [2.05, 4.69) is 19.9 Å². The summed E-state index contributed by atoms with van der Waals surface area (Å²) in [7, 11) is 0. The summed E-state index contributed by atoms with van der Waals surface area (Å²) >= 11 is 0. The summed E-state index contributed by atoms with van der Waals surface area (Å²) in [4.78, 5) is 0. The normalized spacial score (nSPS) is 37.7. The van der Waals surface area contributed by atoms with Crippen molar-refractivity contribution >= 4 is 0 Å². The summed E-state index contributed by atoms with van der Waals surface area (Å²) in [6.45, 7) is 4.24. The second-order valence-corrected chi connectivity index (χ2v) is 6.00. The Labute approximate surface area is 92.3 Å². The van der Waals surface area contributed by atoms with Gasteiger partial charge >= 0.3 is 0 Å². The van der Waals surface area contributed by atoms with Crippen molar-refractivity contribution in [2.45, 2.75) is 64.4 Å². The first-order valence-electron chi connectivity index (χ1n) is 6.11. The number of rotatable bonds is 1. The van der Waals surface area contributed by atoms with E-state index in [0.717, 1.165) is 44.9 Å². The molecule has 1 unspecified atom stereocenters. The topological polar surface area (TPSA) is 44.0 Å². The fourth-order valence-corrected chi connectivity index (χ4v) is 3.81. The highest BCUT2D eigenvalue weighted by Crippen LogP contribution is 2.60. The lowest BCUT2D eigenvalue weighted by Gasteiger charge is -2.46. The van der Waals surface area contributed by atoms with E-state index in [1.807, 2.05) is 0 Å². The van der Waals surface area contributed by atoms with E-state index in [-0.39, 0.29) is 5.41 Å². The van der Waals surface area contributed by atoms with Crippen LogP contribution in [0.3, 0.4) is 0 Å². The van der Waals surface area contributed by atoms with E-state index in [1.165, 1.54) is 0 Å². The summed E-state index contributed by atoms with van der Waals surface area (Å²) in [5.74, 6) is 0. The van der Waals surface area contributed by atoms with Crippen LogP contribution in [-0.4, -0.2) is 10.7 Å². The molecule has 0 amide bonds. The van der Waals surface area contributed by atoms with Crippen molar-refractivity contribution in [3.8, 4) is 6.07 Å². The van der Waals surface area contributed by atoms with Gasteiger partial charge < -0.3 is 5.11 Å². The number of nitrogens with zero attached hydrogens (tertiary/aromatic N) is 1. The third-order valence-electron chi connectivity index (χ3n) is 4.92. The van der Waals surface area contributed by atoms with Crippen molar-refractivity contribution in [3.05, 3.63) is 0 Å². The summed E-state index contributed by atoms with van der Waals surface area (Å²) in [5, 5.41) is 20.4. The molecule has 0 aromatic heterocycles. The Bertz CT molecular complexity index is 296. The Balaban J connectivity index is 2.40. The molecule has 0 aliphatic heterocycles. The minimum atomic E-state index is -0.745. The van der Waals surface area contributed by atoms with Gasteiger partial charge in [-0.2, -0.15) is 5.26 Å². The zero-order chi connectivity index (χ0) is 11.2. The highest BCUT2D eigenvalue weighted by Gasteiger charge is 2.61. The second kappa shape index (κ2) is 3.22. The van der Waals surface area contributed by atoms with Gasteiger partial charge in [0, 0.05) is 0 Å². The van der Waals surface area contributed by atoms with E-state index < -0.39 is 11.0 Å². The lowest BCUT2D eigenvalue weighted by Crippen LogP contribution is -2.53. The zero-order valence-corrected chi connectivity index (χ0v) is 9.84. The first kappa shape index (κ1) is 11.0.